The molecule has 1 aliphatic carbocycles. The van der Waals surface area contributed by atoms with E-state index in [0.29, 0.717) is 0 Å². The average molecular weight is 293 g/mol. The maximum Gasteiger partial charge on any atom is 0.303 e. The minimum Gasteiger partial charge on any atom is -0.481 e. The molecule has 0 bridgehead atoms. The molecule has 1 aromatic rings. The Balaban J connectivity index is 1.99. The molecule has 6 nitrogen and oxygen atoms in total. The van der Waals surface area contributed by atoms with Gasteiger partial charge in [-0.3, -0.25) is 14.3 Å². The summed E-state index contributed by atoms with van der Waals surface area (Å²) in [6.45, 7) is 3.61. The van der Waals surface area contributed by atoms with Gasteiger partial charge in [-0.15, -0.1) is 0 Å². The standard InChI is InChI=1S/C15H23N3O3/c1-15(2,8-14(20)21)7-13(19)17-11-5-4-6-12-10(11)9-16-18(12)3/h9,11H,4-8H2,1-3H3,(H,17,19)(H,20,21). The van der Waals surface area contributed by atoms with E-state index in [-0.39, 0.29) is 24.8 Å². The van der Waals surface area contributed by atoms with Crippen LogP contribution in [0.25, 0.3) is 0 Å². The summed E-state index contributed by atoms with van der Waals surface area (Å²) in [4.78, 5) is 23.0. The second-order valence-electron chi connectivity index (χ2n) is 6.59. The molecule has 0 aromatic carbocycles. The first kappa shape index (κ1) is 15.5. The molecule has 0 aliphatic heterocycles. The molecule has 2 N–H and O–H groups in total. The number of carbonyl (C=O) groups is 2. The highest BCUT2D eigenvalue weighted by atomic mass is 16.4. The number of aromatic nitrogens is 2. The fourth-order valence-corrected chi connectivity index (χ4v) is 3.01. The molecule has 0 fully saturated rings. The fourth-order valence-electron chi connectivity index (χ4n) is 3.01. The van der Waals surface area contributed by atoms with Crippen LogP contribution >= 0.6 is 0 Å². The van der Waals surface area contributed by atoms with Crippen molar-refractivity contribution in [2.24, 2.45) is 12.5 Å². The number of carboxylic acid groups (broad SMARTS) is 1. The van der Waals surface area contributed by atoms with Crippen LogP contribution in [-0.4, -0.2) is 26.8 Å². The number of carboxylic acids is 1. The van der Waals surface area contributed by atoms with Crippen LogP contribution in [0.1, 0.15) is 56.8 Å². The maximum absolute atomic E-state index is 12.2. The molecule has 0 spiro atoms. The third-order valence-corrected chi connectivity index (χ3v) is 3.98. The third-order valence-electron chi connectivity index (χ3n) is 3.98. The largest absolute Gasteiger partial charge is 0.481 e. The molecular weight excluding hydrogens is 270 g/mol. The summed E-state index contributed by atoms with van der Waals surface area (Å²) in [5.74, 6) is -0.969. The molecule has 116 valence electrons. The predicted octanol–water partition coefficient (Wildman–Crippen LogP) is 1.80. The third kappa shape index (κ3) is 3.83. The van der Waals surface area contributed by atoms with Crippen molar-refractivity contribution in [3.05, 3.63) is 17.5 Å². The van der Waals surface area contributed by atoms with Crippen molar-refractivity contribution in [1.82, 2.24) is 15.1 Å². The smallest absolute Gasteiger partial charge is 0.303 e. The van der Waals surface area contributed by atoms with Crippen LogP contribution in [0, 0.1) is 5.41 Å². The molecule has 1 aliphatic rings. The Bertz CT molecular complexity index is 548. The van der Waals surface area contributed by atoms with Gasteiger partial charge in [-0.1, -0.05) is 13.8 Å². The van der Waals surface area contributed by atoms with Crippen molar-refractivity contribution < 1.29 is 14.7 Å². The van der Waals surface area contributed by atoms with Gasteiger partial charge in [0.1, 0.15) is 0 Å². The predicted molar refractivity (Wildman–Crippen MR) is 77.7 cm³/mol. The molecule has 1 amide bonds. The van der Waals surface area contributed by atoms with E-state index in [1.807, 2.05) is 17.9 Å². The summed E-state index contributed by atoms with van der Waals surface area (Å²) in [7, 11) is 1.92. The second kappa shape index (κ2) is 5.87. The molecular formula is C15H23N3O3. The molecule has 1 unspecified atom stereocenters. The Morgan fingerprint density at radius 3 is 2.86 bits per heavy atom. The topological polar surface area (TPSA) is 84.2 Å². The van der Waals surface area contributed by atoms with Crippen LogP contribution in [0.5, 0.6) is 0 Å². The first-order valence-electron chi connectivity index (χ1n) is 7.30. The average Bonchev–Trinajstić information content (AvgIpc) is 2.70. The number of nitrogens with one attached hydrogen (secondary N) is 1. The zero-order valence-corrected chi connectivity index (χ0v) is 12.8. The molecule has 1 heterocycles. The van der Waals surface area contributed by atoms with Gasteiger partial charge in [0.25, 0.3) is 0 Å². The number of nitrogens with zero attached hydrogens (tertiary/aromatic N) is 2. The van der Waals surface area contributed by atoms with Crippen LogP contribution < -0.4 is 5.32 Å². The Morgan fingerprint density at radius 1 is 1.48 bits per heavy atom. The Hall–Kier alpha value is -1.85. The van der Waals surface area contributed by atoms with Gasteiger partial charge < -0.3 is 10.4 Å². The minimum atomic E-state index is -0.875. The zero-order chi connectivity index (χ0) is 15.6. The lowest BCUT2D eigenvalue weighted by Crippen LogP contribution is -2.34. The maximum atomic E-state index is 12.2. The van der Waals surface area contributed by atoms with Crippen LogP contribution in [0.15, 0.2) is 6.20 Å². The molecule has 6 heteroatoms. The summed E-state index contributed by atoms with van der Waals surface area (Å²) in [5.41, 5.74) is 1.73. The van der Waals surface area contributed by atoms with E-state index in [1.165, 1.54) is 5.69 Å². The van der Waals surface area contributed by atoms with Crippen molar-refractivity contribution in [1.29, 1.82) is 0 Å². The normalized spacial score (nSPS) is 18.1. The van der Waals surface area contributed by atoms with Crippen LogP contribution in [0.4, 0.5) is 0 Å². The number of hydrogen-bond donors (Lipinski definition) is 2. The van der Waals surface area contributed by atoms with E-state index in [1.54, 1.807) is 13.8 Å². The molecule has 1 aromatic heterocycles. The number of carbonyl (C=O) groups excluding carboxylic acids is 1. The lowest BCUT2D eigenvalue weighted by atomic mass is 9.85. The number of aliphatic carboxylic acids is 1. The van der Waals surface area contributed by atoms with Gasteiger partial charge in [-0.05, 0) is 24.7 Å². The lowest BCUT2D eigenvalue weighted by Gasteiger charge is -2.27. The van der Waals surface area contributed by atoms with Gasteiger partial charge in [0.2, 0.25) is 5.91 Å². The number of fused-ring (bicyclic) bond motifs is 1. The van der Waals surface area contributed by atoms with Gasteiger partial charge in [0.05, 0.1) is 18.7 Å². The summed E-state index contributed by atoms with van der Waals surface area (Å²) >= 11 is 0. The highest BCUT2D eigenvalue weighted by Crippen LogP contribution is 2.30. The molecule has 0 radical (unpaired) electrons. The fraction of sp³-hybridized carbons (Fsp3) is 0.667. The second-order valence-corrected chi connectivity index (χ2v) is 6.59. The Kier molecular flexibility index (Phi) is 4.34. The summed E-state index contributed by atoms with van der Waals surface area (Å²) in [6, 6.07) is -0.00409. The van der Waals surface area contributed by atoms with Gasteiger partial charge in [-0.2, -0.15) is 5.10 Å². The number of rotatable bonds is 5. The van der Waals surface area contributed by atoms with Crippen LogP contribution in [0.2, 0.25) is 0 Å². The van der Waals surface area contributed by atoms with Crippen LogP contribution in [0.3, 0.4) is 0 Å². The zero-order valence-electron chi connectivity index (χ0n) is 12.8. The minimum absolute atomic E-state index is 0.00409. The van der Waals surface area contributed by atoms with E-state index in [9.17, 15) is 9.59 Å². The van der Waals surface area contributed by atoms with Crippen molar-refractivity contribution in [3.8, 4) is 0 Å². The van der Waals surface area contributed by atoms with E-state index >= 15 is 0 Å². The molecule has 0 saturated heterocycles. The van der Waals surface area contributed by atoms with E-state index in [0.717, 1.165) is 24.8 Å². The van der Waals surface area contributed by atoms with Crippen molar-refractivity contribution >= 4 is 11.9 Å². The summed E-state index contributed by atoms with van der Waals surface area (Å²) in [5, 5.41) is 16.2. The quantitative estimate of drug-likeness (QED) is 0.867. The van der Waals surface area contributed by atoms with Crippen molar-refractivity contribution in [2.75, 3.05) is 0 Å². The number of amides is 1. The number of aryl methyl sites for hydroxylation is 1. The Labute approximate surface area is 124 Å². The van der Waals surface area contributed by atoms with Crippen molar-refractivity contribution in [2.45, 2.75) is 52.0 Å². The molecule has 0 saturated carbocycles. The highest BCUT2D eigenvalue weighted by Gasteiger charge is 2.29. The molecule has 1 atom stereocenters. The lowest BCUT2D eigenvalue weighted by molar-refractivity contribution is -0.139. The SMILES string of the molecule is Cn1ncc2c1CCCC2NC(=O)CC(C)(C)CC(=O)O. The van der Waals surface area contributed by atoms with E-state index < -0.39 is 11.4 Å². The Morgan fingerprint density at radius 2 is 2.19 bits per heavy atom. The summed E-state index contributed by atoms with van der Waals surface area (Å²) < 4.78 is 1.86. The monoisotopic (exact) mass is 293 g/mol. The van der Waals surface area contributed by atoms with E-state index in [4.69, 9.17) is 5.11 Å². The first-order valence-corrected chi connectivity index (χ1v) is 7.30. The number of hydrogen-bond acceptors (Lipinski definition) is 3. The highest BCUT2D eigenvalue weighted by molar-refractivity contribution is 5.78. The van der Waals surface area contributed by atoms with Gasteiger partial charge in [0.15, 0.2) is 0 Å². The van der Waals surface area contributed by atoms with Gasteiger partial charge in [-0.25, -0.2) is 0 Å². The molecule has 21 heavy (non-hydrogen) atoms. The first-order chi connectivity index (χ1) is 9.78. The van der Waals surface area contributed by atoms with Gasteiger partial charge in [0, 0.05) is 24.7 Å². The van der Waals surface area contributed by atoms with Crippen molar-refractivity contribution in [3.63, 3.8) is 0 Å². The van der Waals surface area contributed by atoms with Gasteiger partial charge >= 0.3 is 5.97 Å². The summed E-state index contributed by atoms with van der Waals surface area (Å²) in [6.07, 6.45) is 4.94. The molecule has 2 rings (SSSR count). The van der Waals surface area contributed by atoms with Crippen LogP contribution in [-0.2, 0) is 23.1 Å². The van der Waals surface area contributed by atoms with E-state index in [2.05, 4.69) is 10.4 Å².